The van der Waals surface area contributed by atoms with Crippen LogP contribution in [0.4, 0.5) is 21.9 Å². The summed E-state index contributed by atoms with van der Waals surface area (Å²) in [4.78, 5) is 62.3. The minimum absolute atomic E-state index is 0.0926. The molecule has 0 saturated carbocycles. The Hall–Kier alpha value is -4.36. The molecule has 0 aliphatic carbocycles. The van der Waals surface area contributed by atoms with Gasteiger partial charge in [0.1, 0.15) is 11.3 Å². The van der Waals surface area contributed by atoms with Crippen LogP contribution in [0.5, 0.6) is 5.75 Å². The van der Waals surface area contributed by atoms with Gasteiger partial charge in [-0.1, -0.05) is 28.1 Å². The molecule has 40 heavy (non-hydrogen) atoms. The first-order valence-corrected chi connectivity index (χ1v) is 13.2. The normalized spacial score (nSPS) is 14.2. The number of ether oxygens (including phenoxy) is 1. The van der Waals surface area contributed by atoms with E-state index in [1.807, 2.05) is 26.0 Å². The second kappa shape index (κ2) is 11.8. The highest BCUT2D eigenvalue weighted by atomic mass is 79.9. The molecule has 1 heterocycles. The van der Waals surface area contributed by atoms with Crippen LogP contribution in [0.2, 0.25) is 0 Å². The van der Waals surface area contributed by atoms with Gasteiger partial charge in [0.15, 0.2) is 6.61 Å². The van der Waals surface area contributed by atoms with Gasteiger partial charge in [-0.3, -0.25) is 29.8 Å². The standard InChI is InChI=1S/C27H20Br2N4O7/c1-14-6-7-18(8-15(14)2)30-23(34)13-40-24-16(9-17(28)11-22(24)29)10-21-25(35)31-27(37)32(26(21)36)19-4-3-5-20(12-19)33(38)39/h3-12H,13H2,1-2H3,(H,30,34)(H,31,35,37)/b21-10-. The zero-order chi connectivity index (χ0) is 29.1. The molecule has 1 saturated heterocycles. The number of barbiturate groups is 1. The molecule has 4 rings (SSSR count). The van der Waals surface area contributed by atoms with Crippen molar-refractivity contribution in [3.05, 3.63) is 95.9 Å². The Morgan fingerprint density at radius 2 is 1.82 bits per heavy atom. The van der Waals surface area contributed by atoms with Crippen molar-refractivity contribution >= 4 is 78.8 Å². The van der Waals surface area contributed by atoms with Crippen molar-refractivity contribution in [1.29, 1.82) is 0 Å². The van der Waals surface area contributed by atoms with Crippen LogP contribution in [0, 0.1) is 24.0 Å². The quantitative estimate of drug-likeness (QED) is 0.147. The minimum atomic E-state index is -1.05. The molecule has 1 aliphatic rings. The fourth-order valence-electron chi connectivity index (χ4n) is 3.79. The van der Waals surface area contributed by atoms with Gasteiger partial charge in [0.25, 0.3) is 23.4 Å². The molecule has 0 radical (unpaired) electrons. The van der Waals surface area contributed by atoms with E-state index in [4.69, 9.17) is 4.74 Å². The Morgan fingerprint density at radius 1 is 1.07 bits per heavy atom. The average molecular weight is 672 g/mol. The highest BCUT2D eigenvalue weighted by molar-refractivity contribution is 9.11. The number of nitro groups is 1. The summed E-state index contributed by atoms with van der Waals surface area (Å²) in [5.74, 6) is -2.24. The number of benzene rings is 3. The molecule has 0 bridgehead atoms. The Labute approximate surface area is 244 Å². The van der Waals surface area contributed by atoms with Crippen molar-refractivity contribution in [3.63, 3.8) is 0 Å². The number of hydrogen-bond acceptors (Lipinski definition) is 7. The number of carbonyl (C=O) groups excluding carboxylic acids is 4. The smallest absolute Gasteiger partial charge is 0.335 e. The third kappa shape index (κ3) is 6.26. The van der Waals surface area contributed by atoms with Crippen molar-refractivity contribution in [1.82, 2.24) is 5.32 Å². The lowest BCUT2D eigenvalue weighted by molar-refractivity contribution is -0.384. The second-order valence-corrected chi connectivity index (χ2v) is 10.4. The SMILES string of the molecule is Cc1ccc(NC(=O)COc2c(Br)cc(Br)cc2/C=C2/C(=O)NC(=O)N(c3cccc([N+](=O)[O-])c3)C2=O)cc1C. The van der Waals surface area contributed by atoms with Crippen LogP contribution in [-0.2, 0) is 14.4 Å². The lowest BCUT2D eigenvalue weighted by Crippen LogP contribution is -2.54. The van der Waals surface area contributed by atoms with Crippen molar-refractivity contribution < 1.29 is 28.8 Å². The average Bonchev–Trinajstić information content (AvgIpc) is 2.88. The Morgan fingerprint density at radius 3 is 2.52 bits per heavy atom. The first kappa shape index (κ1) is 28.6. The fourth-order valence-corrected chi connectivity index (χ4v) is 5.16. The van der Waals surface area contributed by atoms with E-state index in [1.165, 1.54) is 24.3 Å². The van der Waals surface area contributed by atoms with Gasteiger partial charge < -0.3 is 10.1 Å². The number of anilines is 2. The molecular formula is C27H20Br2N4O7. The zero-order valence-corrected chi connectivity index (χ0v) is 24.2. The summed E-state index contributed by atoms with van der Waals surface area (Å²) in [6.07, 6.45) is 1.21. The molecule has 3 aromatic rings. The summed E-state index contributed by atoms with van der Waals surface area (Å²) < 4.78 is 6.76. The molecule has 0 atom stereocenters. The molecule has 5 amide bonds. The highest BCUT2D eigenvalue weighted by Crippen LogP contribution is 2.35. The van der Waals surface area contributed by atoms with Crippen molar-refractivity contribution in [2.75, 3.05) is 16.8 Å². The maximum absolute atomic E-state index is 13.3. The number of carbonyl (C=O) groups is 4. The lowest BCUT2D eigenvalue weighted by atomic mass is 10.1. The van der Waals surface area contributed by atoms with Gasteiger partial charge in [-0.15, -0.1) is 0 Å². The van der Waals surface area contributed by atoms with Gasteiger partial charge in [-0.05, 0) is 77.3 Å². The van der Waals surface area contributed by atoms with Gasteiger partial charge in [0, 0.05) is 27.9 Å². The van der Waals surface area contributed by atoms with E-state index in [0.29, 0.717) is 19.5 Å². The summed E-state index contributed by atoms with van der Waals surface area (Å²) in [6.45, 7) is 3.50. The van der Waals surface area contributed by atoms with Crippen LogP contribution in [0.15, 0.2) is 69.1 Å². The lowest BCUT2D eigenvalue weighted by Gasteiger charge is -2.26. The highest BCUT2D eigenvalue weighted by Gasteiger charge is 2.37. The van der Waals surface area contributed by atoms with Crippen LogP contribution in [-0.4, -0.2) is 35.3 Å². The molecule has 13 heteroatoms. The number of amides is 5. The van der Waals surface area contributed by atoms with E-state index < -0.39 is 34.2 Å². The number of rotatable bonds is 7. The predicted molar refractivity (Wildman–Crippen MR) is 154 cm³/mol. The monoisotopic (exact) mass is 670 g/mol. The number of imide groups is 2. The summed E-state index contributed by atoms with van der Waals surface area (Å²) in [6, 6.07) is 12.5. The van der Waals surface area contributed by atoms with E-state index in [9.17, 15) is 29.3 Å². The van der Waals surface area contributed by atoms with Crippen molar-refractivity contribution in [3.8, 4) is 5.75 Å². The third-order valence-corrected chi connectivity index (χ3v) is 6.92. The van der Waals surface area contributed by atoms with E-state index in [0.717, 1.165) is 17.2 Å². The van der Waals surface area contributed by atoms with E-state index in [-0.39, 0.29) is 29.3 Å². The molecule has 204 valence electrons. The number of nitro benzene ring substituents is 1. The third-order valence-electron chi connectivity index (χ3n) is 5.88. The van der Waals surface area contributed by atoms with E-state index in [1.54, 1.807) is 18.2 Å². The molecule has 0 spiro atoms. The van der Waals surface area contributed by atoms with Gasteiger partial charge in [0.05, 0.1) is 15.1 Å². The summed E-state index contributed by atoms with van der Waals surface area (Å²) in [7, 11) is 0. The first-order chi connectivity index (χ1) is 18.9. The first-order valence-electron chi connectivity index (χ1n) is 11.6. The number of halogens is 2. The van der Waals surface area contributed by atoms with Gasteiger partial charge in [-0.2, -0.15) is 0 Å². The molecule has 3 aromatic carbocycles. The minimum Gasteiger partial charge on any atom is -0.482 e. The van der Waals surface area contributed by atoms with Crippen LogP contribution >= 0.6 is 31.9 Å². The Balaban J connectivity index is 1.63. The summed E-state index contributed by atoms with van der Waals surface area (Å²) in [5, 5.41) is 16.0. The largest absolute Gasteiger partial charge is 0.482 e. The summed E-state index contributed by atoms with van der Waals surface area (Å²) >= 11 is 6.73. The molecular weight excluding hydrogens is 652 g/mol. The molecule has 0 unspecified atom stereocenters. The molecule has 1 fully saturated rings. The van der Waals surface area contributed by atoms with Gasteiger partial charge in [0.2, 0.25) is 0 Å². The number of nitrogens with zero attached hydrogens (tertiary/aromatic N) is 2. The number of nitrogens with one attached hydrogen (secondary N) is 2. The van der Waals surface area contributed by atoms with Gasteiger partial charge in [-0.25, -0.2) is 9.69 Å². The maximum atomic E-state index is 13.3. The number of non-ortho nitro benzene ring substituents is 1. The Bertz CT molecular complexity index is 1620. The molecule has 1 aliphatic heterocycles. The fraction of sp³-hybridized carbons (Fsp3) is 0.111. The van der Waals surface area contributed by atoms with E-state index >= 15 is 0 Å². The maximum Gasteiger partial charge on any atom is 0.335 e. The molecule has 11 nitrogen and oxygen atoms in total. The molecule has 0 aromatic heterocycles. The van der Waals surface area contributed by atoms with Crippen LogP contribution in [0.1, 0.15) is 16.7 Å². The van der Waals surface area contributed by atoms with Gasteiger partial charge >= 0.3 is 6.03 Å². The number of urea groups is 1. The predicted octanol–water partition coefficient (Wildman–Crippen LogP) is 5.42. The second-order valence-electron chi connectivity index (χ2n) is 8.68. The van der Waals surface area contributed by atoms with E-state index in [2.05, 4.69) is 42.5 Å². The summed E-state index contributed by atoms with van der Waals surface area (Å²) in [5.41, 5.74) is 2.07. The van der Waals surface area contributed by atoms with Crippen LogP contribution in [0.25, 0.3) is 6.08 Å². The van der Waals surface area contributed by atoms with Crippen LogP contribution in [0.3, 0.4) is 0 Å². The van der Waals surface area contributed by atoms with Crippen LogP contribution < -0.4 is 20.3 Å². The zero-order valence-electron chi connectivity index (χ0n) is 21.0. The molecule has 2 N–H and O–H groups in total. The number of aryl methyl sites for hydroxylation is 2. The number of hydrogen-bond donors (Lipinski definition) is 2. The van der Waals surface area contributed by atoms with Crippen molar-refractivity contribution in [2.45, 2.75) is 13.8 Å². The van der Waals surface area contributed by atoms with Crippen molar-refractivity contribution in [2.24, 2.45) is 0 Å². The topological polar surface area (TPSA) is 148 Å². The Kier molecular flexibility index (Phi) is 8.45.